The van der Waals surface area contributed by atoms with Gasteiger partial charge in [-0.3, -0.25) is 0 Å². The van der Waals surface area contributed by atoms with Crippen molar-refractivity contribution in [3.8, 4) is 0 Å². The zero-order valence-electron chi connectivity index (χ0n) is 11.8. The molecule has 0 aliphatic carbocycles. The molecule has 0 bridgehead atoms. The lowest BCUT2D eigenvalue weighted by molar-refractivity contribution is -0.0419. The third kappa shape index (κ3) is 9.54. The summed E-state index contributed by atoms with van der Waals surface area (Å²) in [6, 6.07) is 0. The van der Waals surface area contributed by atoms with E-state index in [1.807, 2.05) is 20.8 Å². The molecule has 0 N–H and O–H groups in total. The summed E-state index contributed by atoms with van der Waals surface area (Å²) >= 11 is 5.60. The SMILES string of the molecule is CCCC(C)OC(C)COC(=O)OCC(C)CCl. The largest absolute Gasteiger partial charge is 0.508 e. The van der Waals surface area contributed by atoms with Gasteiger partial charge in [0, 0.05) is 11.8 Å². The van der Waals surface area contributed by atoms with E-state index in [4.69, 9.17) is 25.8 Å². The Morgan fingerprint density at radius 2 is 1.72 bits per heavy atom. The summed E-state index contributed by atoms with van der Waals surface area (Å²) in [5.74, 6) is 0.596. The number of hydrogen-bond acceptors (Lipinski definition) is 4. The zero-order chi connectivity index (χ0) is 14.0. The van der Waals surface area contributed by atoms with Crippen molar-refractivity contribution >= 4 is 17.8 Å². The molecule has 0 aliphatic heterocycles. The van der Waals surface area contributed by atoms with Crippen molar-refractivity contribution in [2.24, 2.45) is 5.92 Å². The van der Waals surface area contributed by atoms with Crippen LogP contribution in [0.3, 0.4) is 0 Å². The van der Waals surface area contributed by atoms with E-state index in [0.717, 1.165) is 12.8 Å². The summed E-state index contributed by atoms with van der Waals surface area (Å²) in [6.07, 6.45) is 1.48. The molecular formula is C13H25ClO4. The van der Waals surface area contributed by atoms with Gasteiger partial charge in [-0.25, -0.2) is 4.79 Å². The van der Waals surface area contributed by atoms with Crippen LogP contribution in [0.5, 0.6) is 0 Å². The highest BCUT2D eigenvalue weighted by atomic mass is 35.5. The average molecular weight is 281 g/mol. The third-order valence-corrected chi connectivity index (χ3v) is 2.87. The molecule has 0 saturated heterocycles. The van der Waals surface area contributed by atoms with Crippen LogP contribution in [0.2, 0.25) is 0 Å². The molecule has 18 heavy (non-hydrogen) atoms. The number of carbonyl (C=O) groups is 1. The van der Waals surface area contributed by atoms with Gasteiger partial charge in [-0.15, -0.1) is 11.6 Å². The quantitative estimate of drug-likeness (QED) is 0.478. The molecule has 0 aliphatic rings. The minimum Gasteiger partial charge on any atom is -0.434 e. The molecule has 5 heteroatoms. The number of hydrogen-bond donors (Lipinski definition) is 0. The normalized spacial score (nSPS) is 15.8. The molecule has 0 amide bonds. The summed E-state index contributed by atoms with van der Waals surface area (Å²) in [7, 11) is 0. The van der Waals surface area contributed by atoms with Crippen LogP contribution >= 0.6 is 11.6 Å². The molecule has 0 aromatic rings. The smallest absolute Gasteiger partial charge is 0.434 e. The second kappa shape index (κ2) is 10.4. The Kier molecular flexibility index (Phi) is 10.2. The van der Waals surface area contributed by atoms with Crippen molar-refractivity contribution in [3.05, 3.63) is 0 Å². The van der Waals surface area contributed by atoms with E-state index in [0.29, 0.717) is 5.88 Å². The molecule has 0 radical (unpaired) electrons. The fraction of sp³-hybridized carbons (Fsp3) is 0.923. The maximum atomic E-state index is 11.2. The Labute approximate surface area is 115 Å². The maximum absolute atomic E-state index is 11.2. The first kappa shape index (κ1) is 17.5. The van der Waals surface area contributed by atoms with E-state index in [2.05, 4.69) is 6.92 Å². The minimum absolute atomic E-state index is 0.121. The van der Waals surface area contributed by atoms with Crippen molar-refractivity contribution in [1.29, 1.82) is 0 Å². The van der Waals surface area contributed by atoms with Crippen LogP contribution in [0, 0.1) is 5.92 Å². The van der Waals surface area contributed by atoms with Gasteiger partial charge in [-0.1, -0.05) is 20.3 Å². The van der Waals surface area contributed by atoms with Gasteiger partial charge in [0.25, 0.3) is 0 Å². The van der Waals surface area contributed by atoms with Gasteiger partial charge < -0.3 is 14.2 Å². The predicted molar refractivity (Wildman–Crippen MR) is 72.1 cm³/mol. The number of alkyl halides is 1. The van der Waals surface area contributed by atoms with Gasteiger partial charge in [0.1, 0.15) is 6.61 Å². The van der Waals surface area contributed by atoms with E-state index >= 15 is 0 Å². The Hall–Kier alpha value is -0.480. The first-order valence-corrected chi connectivity index (χ1v) is 7.04. The second-order valence-electron chi connectivity index (χ2n) is 4.68. The van der Waals surface area contributed by atoms with Crippen LogP contribution in [0.15, 0.2) is 0 Å². The Bertz CT molecular complexity index is 223. The molecule has 0 saturated carbocycles. The van der Waals surface area contributed by atoms with Gasteiger partial charge in [-0.2, -0.15) is 0 Å². The number of ether oxygens (including phenoxy) is 3. The molecule has 0 rings (SSSR count). The molecule has 0 aromatic carbocycles. The topological polar surface area (TPSA) is 44.8 Å². The van der Waals surface area contributed by atoms with Crippen molar-refractivity contribution < 1.29 is 19.0 Å². The van der Waals surface area contributed by atoms with Crippen LogP contribution in [0.4, 0.5) is 4.79 Å². The first-order valence-electron chi connectivity index (χ1n) is 6.50. The van der Waals surface area contributed by atoms with Crippen LogP contribution in [-0.4, -0.2) is 37.5 Å². The Morgan fingerprint density at radius 1 is 1.11 bits per heavy atom. The van der Waals surface area contributed by atoms with Crippen LogP contribution in [0.25, 0.3) is 0 Å². The molecule has 0 heterocycles. The fourth-order valence-corrected chi connectivity index (χ4v) is 1.48. The summed E-state index contributed by atoms with van der Waals surface area (Å²) < 4.78 is 15.5. The predicted octanol–water partition coefficient (Wildman–Crippen LogP) is 3.61. The molecule has 0 spiro atoms. The third-order valence-electron chi connectivity index (χ3n) is 2.34. The molecule has 108 valence electrons. The number of halogens is 1. The highest BCUT2D eigenvalue weighted by Crippen LogP contribution is 2.06. The van der Waals surface area contributed by atoms with Crippen molar-refractivity contribution in [1.82, 2.24) is 0 Å². The zero-order valence-corrected chi connectivity index (χ0v) is 12.5. The lowest BCUT2D eigenvalue weighted by Gasteiger charge is -2.18. The van der Waals surface area contributed by atoms with Crippen LogP contribution < -0.4 is 0 Å². The molecule has 3 unspecified atom stereocenters. The average Bonchev–Trinajstić information content (AvgIpc) is 2.33. The van der Waals surface area contributed by atoms with Gasteiger partial charge in [0.2, 0.25) is 0 Å². The van der Waals surface area contributed by atoms with Gasteiger partial charge in [0.05, 0.1) is 18.8 Å². The van der Waals surface area contributed by atoms with Gasteiger partial charge >= 0.3 is 6.16 Å². The summed E-state index contributed by atoms with van der Waals surface area (Å²) in [5.41, 5.74) is 0. The highest BCUT2D eigenvalue weighted by Gasteiger charge is 2.12. The number of rotatable bonds is 9. The maximum Gasteiger partial charge on any atom is 0.508 e. The molecule has 0 aromatic heterocycles. The minimum atomic E-state index is -0.662. The number of carbonyl (C=O) groups excluding carboxylic acids is 1. The van der Waals surface area contributed by atoms with Crippen molar-refractivity contribution in [2.75, 3.05) is 19.1 Å². The van der Waals surface area contributed by atoms with E-state index in [-0.39, 0.29) is 31.3 Å². The summed E-state index contributed by atoms with van der Waals surface area (Å²) in [5, 5.41) is 0. The monoisotopic (exact) mass is 280 g/mol. The first-order chi connectivity index (χ1) is 8.49. The van der Waals surface area contributed by atoms with Gasteiger partial charge in [-0.05, 0) is 20.3 Å². The van der Waals surface area contributed by atoms with E-state index < -0.39 is 6.16 Å². The molecule has 0 fully saturated rings. The molecular weight excluding hydrogens is 256 g/mol. The highest BCUT2D eigenvalue weighted by molar-refractivity contribution is 6.18. The van der Waals surface area contributed by atoms with Crippen LogP contribution in [0.1, 0.15) is 40.5 Å². The standard InChI is InChI=1S/C13H25ClO4/c1-5-6-11(3)18-12(4)9-17-13(15)16-8-10(2)7-14/h10-12H,5-9H2,1-4H3. The van der Waals surface area contributed by atoms with Crippen molar-refractivity contribution in [3.63, 3.8) is 0 Å². The molecule has 4 nitrogen and oxygen atoms in total. The second-order valence-corrected chi connectivity index (χ2v) is 4.99. The molecule has 3 atom stereocenters. The summed E-state index contributed by atoms with van der Waals surface area (Å²) in [4.78, 5) is 11.2. The van der Waals surface area contributed by atoms with Gasteiger partial charge in [0.15, 0.2) is 0 Å². The summed E-state index contributed by atoms with van der Waals surface area (Å²) in [6.45, 7) is 8.39. The fourth-order valence-electron chi connectivity index (χ4n) is 1.39. The Balaban J connectivity index is 3.64. The van der Waals surface area contributed by atoms with Crippen molar-refractivity contribution in [2.45, 2.75) is 52.7 Å². The lowest BCUT2D eigenvalue weighted by atomic mass is 10.2. The van der Waals surface area contributed by atoms with Crippen LogP contribution in [-0.2, 0) is 14.2 Å². The Morgan fingerprint density at radius 3 is 2.28 bits per heavy atom. The van der Waals surface area contributed by atoms with E-state index in [1.54, 1.807) is 0 Å². The van der Waals surface area contributed by atoms with E-state index in [1.165, 1.54) is 0 Å². The van der Waals surface area contributed by atoms with E-state index in [9.17, 15) is 4.79 Å². The lowest BCUT2D eigenvalue weighted by Crippen LogP contribution is -2.24.